The van der Waals surface area contributed by atoms with Crippen molar-refractivity contribution in [2.24, 2.45) is 44.4 Å². The molecule has 254 valence electrons. The molecule has 4 unspecified atom stereocenters. The number of aromatic amines is 1. The molecule has 1 aromatic heterocycles. The predicted molar refractivity (Wildman–Crippen MR) is 176 cm³/mol. The van der Waals surface area contributed by atoms with Crippen LogP contribution in [0.25, 0.3) is 10.9 Å². The van der Waals surface area contributed by atoms with Crippen LogP contribution in [0.5, 0.6) is 0 Å². The molecule has 46 heavy (non-hydrogen) atoms. The van der Waals surface area contributed by atoms with Crippen molar-refractivity contribution in [3.05, 3.63) is 36.0 Å². The van der Waals surface area contributed by atoms with Crippen LogP contribution in [0.4, 0.5) is 0 Å². The van der Waals surface area contributed by atoms with Gasteiger partial charge in [-0.1, -0.05) is 24.6 Å². The minimum Gasteiger partial charge on any atom is -0.480 e. The zero-order valence-corrected chi connectivity index (χ0v) is 25.9. The molecule has 17 nitrogen and oxygen atoms in total. The van der Waals surface area contributed by atoms with E-state index in [0.29, 0.717) is 25.8 Å². The molecule has 4 atom stereocenters. The van der Waals surface area contributed by atoms with Gasteiger partial charge in [0, 0.05) is 36.6 Å². The quantitative estimate of drug-likeness (QED) is 0.0394. The van der Waals surface area contributed by atoms with E-state index in [2.05, 4.69) is 30.9 Å². The number of para-hydroxylation sites is 1. The second kappa shape index (κ2) is 19.5. The summed E-state index contributed by atoms with van der Waals surface area (Å²) in [4.78, 5) is 63.0. The number of nitrogens with one attached hydrogen (secondary N) is 4. The van der Waals surface area contributed by atoms with Gasteiger partial charge in [-0.05, 0) is 56.7 Å². The van der Waals surface area contributed by atoms with Gasteiger partial charge in [0.05, 0.1) is 6.04 Å². The molecule has 0 bridgehead atoms. The molecule has 17 N–H and O–H groups in total. The number of fused-ring (bicyclic) bond motifs is 1. The van der Waals surface area contributed by atoms with Crippen LogP contribution in [0.15, 0.2) is 40.4 Å². The Balaban J connectivity index is 2.28. The Morgan fingerprint density at radius 2 is 1.33 bits per heavy atom. The number of carbonyl (C=O) groups excluding carboxylic acids is 3. The molecule has 0 fully saturated rings. The summed E-state index contributed by atoms with van der Waals surface area (Å²) in [6, 6.07) is 3.05. The summed E-state index contributed by atoms with van der Waals surface area (Å²) in [5.74, 6) is -3.46. The number of aliphatic carboxylic acids is 1. The van der Waals surface area contributed by atoms with E-state index >= 15 is 0 Å². The van der Waals surface area contributed by atoms with Crippen LogP contribution in [0, 0.1) is 0 Å². The number of benzene rings is 1. The SMILES string of the molecule is NCCCCC(N)C(=O)NC(Cc1c[nH]c2ccccc12)C(=O)NC(CCCN=C(N)N)C(=O)NC(CCCN=C(N)N)C(=O)O. The predicted octanol–water partition coefficient (Wildman–Crippen LogP) is -2.19. The highest BCUT2D eigenvalue weighted by Crippen LogP contribution is 2.19. The van der Waals surface area contributed by atoms with Gasteiger partial charge in [-0.15, -0.1) is 0 Å². The van der Waals surface area contributed by atoms with Crippen LogP contribution in [0.2, 0.25) is 0 Å². The number of rotatable bonds is 21. The van der Waals surface area contributed by atoms with Gasteiger partial charge in [-0.2, -0.15) is 0 Å². The second-order valence-electron chi connectivity index (χ2n) is 10.9. The maximum absolute atomic E-state index is 13.8. The van der Waals surface area contributed by atoms with E-state index in [-0.39, 0.29) is 57.1 Å². The van der Waals surface area contributed by atoms with Gasteiger partial charge in [-0.25, -0.2) is 4.79 Å². The fraction of sp³-hybridized carbons (Fsp3) is 0.517. The number of guanidine groups is 2. The number of hydrogen-bond donors (Lipinski definition) is 11. The average molecular weight is 645 g/mol. The minimum absolute atomic E-state index is 0.0355. The van der Waals surface area contributed by atoms with Gasteiger partial charge in [0.15, 0.2) is 11.9 Å². The van der Waals surface area contributed by atoms with Gasteiger partial charge < -0.3 is 60.4 Å². The fourth-order valence-corrected chi connectivity index (χ4v) is 4.73. The lowest BCUT2D eigenvalue weighted by Crippen LogP contribution is -2.57. The smallest absolute Gasteiger partial charge is 0.326 e. The summed E-state index contributed by atoms with van der Waals surface area (Å²) in [6.07, 6.45) is 4.21. The number of unbranched alkanes of at least 4 members (excludes halogenated alkanes) is 1. The molecule has 0 spiro atoms. The van der Waals surface area contributed by atoms with Crippen LogP contribution in [0.3, 0.4) is 0 Å². The summed E-state index contributed by atoms with van der Waals surface area (Å²) in [5, 5.41) is 18.5. The summed E-state index contributed by atoms with van der Waals surface area (Å²) >= 11 is 0. The van der Waals surface area contributed by atoms with Gasteiger partial charge >= 0.3 is 5.97 Å². The largest absolute Gasteiger partial charge is 0.480 e. The summed E-state index contributed by atoms with van der Waals surface area (Å²) in [6.45, 7) is 0.797. The van der Waals surface area contributed by atoms with Crippen molar-refractivity contribution < 1.29 is 24.3 Å². The molecule has 0 saturated heterocycles. The lowest BCUT2D eigenvalue weighted by atomic mass is 10.0. The van der Waals surface area contributed by atoms with Crippen molar-refractivity contribution >= 4 is 46.5 Å². The second-order valence-corrected chi connectivity index (χ2v) is 10.9. The number of hydrogen-bond acceptors (Lipinski definition) is 8. The zero-order chi connectivity index (χ0) is 34.1. The molecule has 0 radical (unpaired) electrons. The standard InChI is InChI=1S/C29H48N12O5/c30-12-4-3-8-19(31)24(42)41-23(15-17-16-38-20-9-2-1-7-18(17)20)26(44)39-21(10-5-13-36-28(32)33)25(43)40-22(27(45)46)11-6-14-37-29(34)35/h1-2,7,9,16,19,21-23,38H,3-6,8,10-15,30-31H2,(H,39,44)(H,40,43)(H,41,42)(H,45,46)(H4,32,33,36)(H4,34,35,37). The highest BCUT2D eigenvalue weighted by molar-refractivity contribution is 5.95. The van der Waals surface area contributed by atoms with Gasteiger partial charge in [0.1, 0.15) is 18.1 Å². The van der Waals surface area contributed by atoms with Crippen LogP contribution in [-0.2, 0) is 25.6 Å². The number of carboxylic acids is 1. The number of nitrogens with two attached hydrogens (primary N) is 6. The van der Waals surface area contributed by atoms with Crippen molar-refractivity contribution in [3.8, 4) is 0 Å². The maximum atomic E-state index is 13.8. The van der Waals surface area contributed by atoms with E-state index in [1.165, 1.54) is 0 Å². The monoisotopic (exact) mass is 644 g/mol. The molecular formula is C29H48N12O5. The fourth-order valence-electron chi connectivity index (χ4n) is 4.73. The van der Waals surface area contributed by atoms with Gasteiger partial charge in [0.25, 0.3) is 0 Å². The highest BCUT2D eigenvalue weighted by atomic mass is 16.4. The third-order valence-corrected chi connectivity index (χ3v) is 7.18. The first kappa shape index (κ1) is 37.3. The lowest BCUT2D eigenvalue weighted by Gasteiger charge is -2.25. The highest BCUT2D eigenvalue weighted by Gasteiger charge is 2.30. The number of carbonyl (C=O) groups is 4. The van der Waals surface area contributed by atoms with E-state index in [4.69, 9.17) is 34.4 Å². The van der Waals surface area contributed by atoms with Crippen molar-refractivity contribution in [2.45, 2.75) is 75.5 Å². The number of carboxylic acid groups (broad SMARTS) is 1. The van der Waals surface area contributed by atoms with Crippen LogP contribution < -0.4 is 50.4 Å². The molecule has 17 heteroatoms. The van der Waals surface area contributed by atoms with E-state index in [1.807, 2.05) is 24.3 Å². The first-order valence-corrected chi connectivity index (χ1v) is 15.2. The maximum Gasteiger partial charge on any atom is 0.326 e. The van der Waals surface area contributed by atoms with E-state index in [9.17, 15) is 24.3 Å². The van der Waals surface area contributed by atoms with Crippen molar-refractivity contribution in [3.63, 3.8) is 0 Å². The number of aliphatic imine (C=N–C) groups is 2. The Kier molecular flexibility index (Phi) is 15.8. The van der Waals surface area contributed by atoms with E-state index < -0.39 is 47.9 Å². The molecule has 2 rings (SSSR count). The van der Waals surface area contributed by atoms with E-state index in [0.717, 1.165) is 16.5 Å². The molecule has 2 aromatic rings. The van der Waals surface area contributed by atoms with Crippen molar-refractivity contribution in [2.75, 3.05) is 19.6 Å². The van der Waals surface area contributed by atoms with Crippen LogP contribution in [-0.4, -0.2) is 89.5 Å². The first-order chi connectivity index (χ1) is 21.9. The Morgan fingerprint density at radius 3 is 1.93 bits per heavy atom. The Labute approximate surface area is 267 Å². The molecule has 1 aromatic carbocycles. The third-order valence-electron chi connectivity index (χ3n) is 7.18. The van der Waals surface area contributed by atoms with Crippen molar-refractivity contribution in [1.29, 1.82) is 0 Å². The molecule has 0 saturated carbocycles. The zero-order valence-electron chi connectivity index (χ0n) is 25.9. The molecule has 0 aliphatic carbocycles. The van der Waals surface area contributed by atoms with Gasteiger partial charge in [-0.3, -0.25) is 24.4 Å². The number of H-pyrrole nitrogens is 1. The van der Waals surface area contributed by atoms with Crippen LogP contribution in [0.1, 0.15) is 50.5 Å². The Bertz CT molecular complexity index is 1350. The summed E-state index contributed by atoms with van der Waals surface area (Å²) in [5.41, 5.74) is 34.7. The normalized spacial score (nSPS) is 13.5. The minimum atomic E-state index is -1.27. The number of nitrogens with zero attached hydrogens (tertiary/aromatic N) is 2. The Hall–Kier alpha value is -4.90. The van der Waals surface area contributed by atoms with Gasteiger partial charge in [0.2, 0.25) is 17.7 Å². The molecule has 0 aliphatic rings. The molecular weight excluding hydrogens is 596 g/mol. The summed E-state index contributed by atoms with van der Waals surface area (Å²) in [7, 11) is 0. The van der Waals surface area contributed by atoms with Crippen molar-refractivity contribution in [1.82, 2.24) is 20.9 Å². The average Bonchev–Trinajstić information content (AvgIpc) is 3.41. The number of aromatic nitrogens is 1. The molecule has 0 aliphatic heterocycles. The molecule has 3 amide bonds. The molecule has 1 heterocycles. The van der Waals surface area contributed by atoms with E-state index in [1.54, 1.807) is 6.20 Å². The van der Waals surface area contributed by atoms with Crippen LogP contribution >= 0.6 is 0 Å². The topological polar surface area (TPSA) is 321 Å². The summed E-state index contributed by atoms with van der Waals surface area (Å²) < 4.78 is 0. The number of amides is 3. The Morgan fingerprint density at radius 1 is 0.761 bits per heavy atom. The lowest BCUT2D eigenvalue weighted by molar-refractivity contribution is -0.142. The third kappa shape index (κ3) is 13.0. The first-order valence-electron chi connectivity index (χ1n) is 15.2.